The Balaban J connectivity index is 1.94. The van der Waals surface area contributed by atoms with Crippen molar-refractivity contribution < 1.29 is 0 Å². The molecule has 1 aromatic carbocycles. The van der Waals surface area contributed by atoms with E-state index in [2.05, 4.69) is 20.3 Å². The molecule has 0 saturated carbocycles. The van der Waals surface area contributed by atoms with Crippen LogP contribution >= 0.6 is 0 Å². The van der Waals surface area contributed by atoms with Gasteiger partial charge in [-0.2, -0.15) is 0 Å². The Labute approximate surface area is 123 Å². The monoisotopic (exact) mass is 279 g/mol. The molecule has 5 nitrogen and oxygen atoms in total. The number of aryl methyl sites for hydroxylation is 2. The summed E-state index contributed by atoms with van der Waals surface area (Å²) < 4.78 is 0. The van der Waals surface area contributed by atoms with Gasteiger partial charge in [0.25, 0.3) is 0 Å². The lowest BCUT2D eigenvalue weighted by molar-refractivity contribution is 0.956. The predicted molar refractivity (Wildman–Crippen MR) is 85.0 cm³/mol. The first-order valence-electron chi connectivity index (χ1n) is 6.81. The molecule has 0 amide bonds. The quantitative estimate of drug-likeness (QED) is 0.721. The molecular formula is C16H17N5. The van der Waals surface area contributed by atoms with Gasteiger partial charge in [-0.05, 0) is 38.1 Å². The van der Waals surface area contributed by atoms with E-state index in [1.807, 2.05) is 44.3 Å². The number of benzene rings is 1. The number of anilines is 2. The molecular weight excluding hydrogens is 262 g/mol. The number of fused-ring (bicyclic) bond motifs is 1. The van der Waals surface area contributed by atoms with Crippen LogP contribution in [0, 0.1) is 13.8 Å². The summed E-state index contributed by atoms with van der Waals surface area (Å²) in [6.07, 6.45) is 3.59. The SMILES string of the molecule is Cc1cc2c(NCc3ccnc(C)n3)ccc(N)c2cn1. The van der Waals surface area contributed by atoms with Crippen LogP contribution in [0.15, 0.2) is 36.7 Å². The van der Waals surface area contributed by atoms with E-state index < -0.39 is 0 Å². The first-order chi connectivity index (χ1) is 10.1. The number of hydrogen-bond acceptors (Lipinski definition) is 5. The molecule has 0 spiro atoms. The van der Waals surface area contributed by atoms with Crippen molar-refractivity contribution >= 4 is 22.1 Å². The van der Waals surface area contributed by atoms with Gasteiger partial charge in [0.2, 0.25) is 0 Å². The van der Waals surface area contributed by atoms with Crippen LogP contribution in [0.25, 0.3) is 10.8 Å². The summed E-state index contributed by atoms with van der Waals surface area (Å²) in [6.45, 7) is 4.50. The maximum Gasteiger partial charge on any atom is 0.125 e. The molecule has 0 aliphatic heterocycles. The van der Waals surface area contributed by atoms with Gasteiger partial charge in [0.05, 0.1) is 12.2 Å². The van der Waals surface area contributed by atoms with E-state index in [1.54, 1.807) is 6.20 Å². The molecule has 2 heterocycles. The van der Waals surface area contributed by atoms with Crippen molar-refractivity contribution in [1.82, 2.24) is 15.0 Å². The highest BCUT2D eigenvalue weighted by Gasteiger charge is 2.05. The van der Waals surface area contributed by atoms with E-state index in [4.69, 9.17) is 5.73 Å². The van der Waals surface area contributed by atoms with Gasteiger partial charge in [-0.25, -0.2) is 9.97 Å². The average molecular weight is 279 g/mol. The van der Waals surface area contributed by atoms with E-state index >= 15 is 0 Å². The van der Waals surface area contributed by atoms with Crippen molar-refractivity contribution in [1.29, 1.82) is 0 Å². The highest BCUT2D eigenvalue weighted by molar-refractivity contribution is 6.00. The molecule has 106 valence electrons. The molecule has 0 fully saturated rings. The molecule has 0 unspecified atom stereocenters. The van der Waals surface area contributed by atoms with Gasteiger partial charge in [-0.15, -0.1) is 0 Å². The standard InChI is InChI=1S/C16H17N5/c1-10-7-13-14(9-19-10)15(17)3-4-16(13)20-8-12-5-6-18-11(2)21-12/h3-7,9,20H,8,17H2,1-2H3. The van der Waals surface area contributed by atoms with Gasteiger partial charge in [-0.1, -0.05) is 0 Å². The molecule has 3 rings (SSSR count). The lowest BCUT2D eigenvalue weighted by atomic mass is 10.1. The number of pyridine rings is 1. The number of nitrogens with one attached hydrogen (secondary N) is 1. The van der Waals surface area contributed by atoms with Crippen molar-refractivity contribution in [2.75, 3.05) is 11.1 Å². The predicted octanol–water partition coefficient (Wildman–Crippen LogP) is 2.84. The minimum atomic E-state index is 0.643. The Morgan fingerprint density at radius 2 is 1.95 bits per heavy atom. The van der Waals surface area contributed by atoms with Crippen LogP contribution in [-0.2, 0) is 6.54 Å². The minimum absolute atomic E-state index is 0.643. The van der Waals surface area contributed by atoms with Crippen molar-refractivity contribution in [2.45, 2.75) is 20.4 Å². The first kappa shape index (κ1) is 13.3. The second kappa shape index (κ2) is 5.36. The summed E-state index contributed by atoms with van der Waals surface area (Å²) in [5, 5.41) is 5.45. The van der Waals surface area contributed by atoms with Crippen LogP contribution in [0.5, 0.6) is 0 Å². The molecule has 3 aromatic rings. The number of nitrogens with two attached hydrogens (primary N) is 1. The van der Waals surface area contributed by atoms with Crippen LogP contribution < -0.4 is 11.1 Å². The smallest absolute Gasteiger partial charge is 0.125 e. The summed E-state index contributed by atoms with van der Waals surface area (Å²) in [5.74, 6) is 0.775. The Bertz CT molecular complexity index is 798. The summed E-state index contributed by atoms with van der Waals surface area (Å²) in [5.41, 5.74) is 9.70. The van der Waals surface area contributed by atoms with Crippen LogP contribution in [0.1, 0.15) is 17.2 Å². The van der Waals surface area contributed by atoms with Gasteiger partial charge in [0, 0.05) is 40.2 Å². The largest absolute Gasteiger partial charge is 0.398 e. The third kappa shape index (κ3) is 2.76. The molecule has 3 N–H and O–H groups in total. The fourth-order valence-electron chi connectivity index (χ4n) is 2.31. The molecule has 5 heteroatoms. The van der Waals surface area contributed by atoms with Crippen molar-refractivity contribution in [3.8, 4) is 0 Å². The number of aromatic nitrogens is 3. The average Bonchev–Trinajstić information content (AvgIpc) is 2.46. The zero-order valence-electron chi connectivity index (χ0n) is 12.1. The lowest BCUT2D eigenvalue weighted by Crippen LogP contribution is -2.04. The molecule has 0 bridgehead atoms. The van der Waals surface area contributed by atoms with Crippen LogP contribution in [0.3, 0.4) is 0 Å². The molecule has 2 aromatic heterocycles. The maximum absolute atomic E-state index is 6.01. The van der Waals surface area contributed by atoms with Gasteiger partial charge in [0.1, 0.15) is 5.82 Å². The summed E-state index contributed by atoms with van der Waals surface area (Å²) >= 11 is 0. The lowest BCUT2D eigenvalue weighted by Gasteiger charge is -2.11. The molecule has 21 heavy (non-hydrogen) atoms. The third-order valence-corrected chi connectivity index (χ3v) is 3.37. The van der Waals surface area contributed by atoms with E-state index in [-0.39, 0.29) is 0 Å². The summed E-state index contributed by atoms with van der Waals surface area (Å²) in [7, 11) is 0. The molecule has 0 saturated heterocycles. The molecule has 0 aliphatic rings. The topological polar surface area (TPSA) is 76.7 Å². The fraction of sp³-hybridized carbons (Fsp3) is 0.188. The fourth-order valence-corrected chi connectivity index (χ4v) is 2.31. The van der Waals surface area contributed by atoms with Gasteiger partial charge in [0.15, 0.2) is 0 Å². The Kier molecular flexibility index (Phi) is 3.39. The maximum atomic E-state index is 6.01. The highest BCUT2D eigenvalue weighted by Crippen LogP contribution is 2.28. The van der Waals surface area contributed by atoms with Crippen molar-refractivity contribution in [2.24, 2.45) is 0 Å². The zero-order valence-corrected chi connectivity index (χ0v) is 12.1. The number of nitrogens with zero attached hydrogens (tertiary/aromatic N) is 3. The Morgan fingerprint density at radius 1 is 1.10 bits per heavy atom. The second-order valence-corrected chi connectivity index (χ2v) is 5.02. The second-order valence-electron chi connectivity index (χ2n) is 5.02. The zero-order chi connectivity index (χ0) is 14.8. The number of nitrogen functional groups attached to an aromatic ring is 1. The first-order valence-corrected chi connectivity index (χ1v) is 6.81. The van der Waals surface area contributed by atoms with Gasteiger partial charge in [-0.3, -0.25) is 4.98 Å². The van der Waals surface area contributed by atoms with Gasteiger partial charge >= 0.3 is 0 Å². The van der Waals surface area contributed by atoms with Crippen LogP contribution in [-0.4, -0.2) is 15.0 Å². The Morgan fingerprint density at radius 3 is 2.76 bits per heavy atom. The van der Waals surface area contributed by atoms with Gasteiger partial charge < -0.3 is 11.1 Å². The van der Waals surface area contributed by atoms with E-state index in [1.165, 1.54) is 0 Å². The van der Waals surface area contributed by atoms with E-state index in [0.29, 0.717) is 6.54 Å². The molecule has 0 radical (unpaired) electrons. The summed E-state index contributed by atoms with van der Waals surface area (Å²) in [4.78, 5) is 12.8. The van der Waals surface area contributed by atoms with Crippen molar-refractivity contribution in [3.05, 3.63) is 53.9 Å². The number of rotatable bonds is 3. The van der Waals surface area contributed by atoms with Crippen molar-refractivity contribution in [3.63, 3.8) is 0 Å². The molecule has 0 aliphatic carbocycles. The number of hydrogen-bond donors (Lipinski definition) is 2. The van der Waals surface area contributed by atoms with E-state index in [9.17, 15) is 0 Å². The third-order valence-electron chi connectivity index (χ3n) is 3.37. The van der Waals surface area contributed by atoms with Crippen LogP contribution in [0.2, 0.25) is 0 Å². The Hall–Kier alpha value is -2.69. The molecule has 0 atom stereocenters. The normalized spacial score (nSPS) is 10.8. The van der Waals surface area contributed by atoms with E-state index in [0.717, 1.165) is 39.4 Å². The highest BCUT2D eigenvalue weighted by atomic mass is 14.9. The van der Waals surface area contributed by atoms with Crippen LogP contribution in [0.4, 0.5) is 11.4 Å². The summed E-state index contributed by atoms with van der Waals surface area (Å²) in [6, 6.07) is 7.84. The minimum Gasteiger partial charge on any atom is -0.398 e.